The van der Waals surface area contributed by atoms with Crippen LogP contribution in [0.2, 0.25) is 10.0 Å². The summed E-state index contributed by atoms with van der Waals surface area (Å²) >= 11 is 11.8. The molecule has 2 amide bonds. The van der Waals surface area contributed by atoms with Gasteiger partial charge in [0.15, 0.2) is 0 Å². The minimum Gasteiger partial charge on any atom is -0.480 e. The number of carboxylic acids is 1. The Kier molecular flexibility index (Phi) is 16.0. The third-order valence-electron chi connectivity index (χ3n) is 6.43. The van der Waals surface area contributed by atoms with E-state index >= 15 is 0 Å². The Bertz CT molecular complexity index is 2030. The molecular formula is C30H32Cl2F3N4O13PS. The Morgan fingerprint density at radius 3 is 2.20 bits per heavy atom. The Balaban J connectivity index is 0.000000324. The van der Waals surface area contributed by atoms with Crippen LogP contribution in [0.15, 0.2) is 60.7 Å². The zero-order valence-electron chi connectivity index (χ0n) is 28.2. The van der Waals surface area contributed by atoms with E-state index in [9.17, 15) is 50.7 Å². The van der Waals surface area contributed by atoms with Gasteiger partial charge in [-0.2, -0.15) is 13.2 Å². The number of carbonyl (C=O) groups excluding carboxylic acids is 2. The van der Waals surface area contributed by atoms with Crippen LogP contribution in [0.1, 0.15) is 35.3 Å². The van der Waals surface area contributed by atoms with E-state index in [0.29, 0.717) is 36.6 Å². The highest BCUT2D eigenvalue weighted by Gasteiger charge is 2.40. The number of nitrogens with zero attached hydrogens (tertiary/aromatic N) is 2. The maximum absolute atomic E-state index is 12.7. The number of nitrogens with one attached hydrogen (secondary N) is 2. The first-order valence-electron chi connectivity index (χ1n) is 14.7. The SMILES string of the molecule is CC1(C)CON(Cc2ccccc2Cl)C1=O.CS(=O)(=O)NC(=O)c1cc(Oc2ccc(C(F)(F)F)cc2Cl)ccc1[N+](=O)[O-].O=C(O)CNCP(=O)(O)O. The van der Waals surface area contributed by atoms with Gasteiger partial charge in [-0.1, -0.05) is 41.4 Å². The number of halogens is 5. The van der Waals surface area contributed by atoms with Crippen LogP contribution < -0.4 is 14.8 Å². The molecule has 1 aliphatic heterocycles. The topological polar surface area (TPSA) is 252 Å². The summed E-state index contributed by atoms with van der Waals surface area (Å²) in [5.41, 5.74) is -1.87. The highest BCUT2D eigenvalue weighted by molar-refractivity contribution is 7.89. The standard InChI is InChI=1S/C15H10ClF3N2O6S.C12H14ClNO2.C3H8NO5P/c1-28(25,26)20-14(22)10-7-9(3-4-12(10)21(23)24)27-13-5-2-8(6-11(13)16)15(17,18)19;1-12(2)8-16-14(11(12)15)7-9-5-3-4-6-10(9)13;5-3(6)1-4-2-10(7,8)9/h2-7H,1H3,(H,20,22);3-6H,7-8H2,1-2H3;4H,1-2H2,(H,5,6)(H2,7,8,9). The lowest BCUT2D eigenvalue weighted by Crippen LogP contribution is -2.30. The van der Waals surface area contributed by atoms with Gasteiger partial charge in [-0.05, 0) is 49.7 Å². The number of hydrogen-bond acceptors (Lipinski definition) is 11. The number of nitro benzene ring substituents is 1. The van der Waals surface area contributed by atoms with Crippen LogP contribution >= 0.6 is 30.8 Å². The molecule has 24 heteroatoms. The molecule has 0 saturated carbocycles. The predicted molar refractivity (Wildman–Crippen MR) is 186 cm³/mol. The molecule has 0 spiro atoms. The van der Waals surface area contributed by atoms with Crippen LogP contribution in [-0.4, -0.2) is 76.8 Å². The fourth-order valence-corrected chi connectivity index (χ4v) is 5.20. The lowest BCUT2D eigenvalue weighted by molar-refractivity contribution is -0.385. The third-order valence-corrected chi connectivity index (χ3v) is 8.28. The molecular weight excluding hydrogens is 815 g/mol. The van der Waals surface area contributed by atoms with E-state index < -0.39 is 80.7 Å². The molecule has 0 radical (unpaired) electrons. The van der Waals surface area contributed by atoms with Gasteiger partial charge in [0.25, 0.3) is 17.5 Å². The molecule has 1 fully saturated rings. The fraction of sp³-hybridized carbons (Fsp3) is 0.300. The molecule has 4 rings (SSSR count). The largest absolute Gasteiger partial charge is 0.480 e. The van der Waals surface area contributed by atoms with E-state index in [-0.39, 0.29) is 17.4 Å². The zero-order valence-corrected chi connectivity index (χ0v) is 31.4. The number of rotatable bonds is 11. The van der Waals surface area contributed by atoms with Crippen molar-refractivity contribution in [2.24, 2.45) is 5.41 Å². The summed E-state index contributed by atoms with van der Waals surface area (Å²) in [5.74, 6) is -2.82. The average molecular weight is 848 g/mol. The van der Waals surface area contributed by atoms with Gasteiger partial charge in [0.1, 0.15) is 17.1 Å². The summed E-state index contributed by atoms with van der Waals surface area (Å²) in [6, 6.07) is 12.6. The quantitative estimate of drug-likeness (QED) is 0.0947. The van der Waals surface area contributed by atoms with E-state index in [2.05, 4.69) is 5.32 Å². The van der Waals surface area contributed by atoms with Crippen molar-refractivity contribution in [3.63, 3.8) is 0 Å². The summed E-state index contributed by atoms with van der Waals surface area (Å²) in [6.45, 7) is 4.15. The number of carboxylic acid groups (broad SMARTS) is 1. The number of aliphatic carboxylic acids is 1. The number of sulfonamides is 1. The van der Waals surface area contributed by atoms with E-state index in [1.165, 1.54) is 5.06 Å². The van der Waals surface area contributed by atoms with Crippen molar-refractivity contribution in [3.05, 3.63) is 97.5 Å². The minimum absolute atomic E-state index is 0.00687. The van der Waals surface area contributed by atoms with Crippen molar-refractivity contribution < 1.29 is 69.9 Å². The monoisotopic (exact) mass is 846 g/mol. The van der Waals surface area contributed by atoms with Crippen molar-refractivity contribution in [2.75, 3.05) is 25.7 Å². The van der Waals surface area contributed by atoms with Gasteiger partial charge >= 0.3 is 19.7 Å². The summed E-state index contributed by atoms with van der Waals surface area (Å²) in [6.07, 6.45) is -4.54. The molecule has 1 heterocycles. The third kappa shape index (κ3) is 15.2. The molecule has 1 saturated heterocycles. The maximum Gasteiger partial charge on any atom is 0.416 e. The first-order valence-corrected chi connectivity index (χ1v) is 19.1. The van der Waals surface area contributed by atoms with E-state index in [4.69, 9.17) is 47.7 Å². The molecule has 0 aromatic heterocycles. The second kappa shape index (κ2) is 18.8. The van der Waals surface area contributed by atoms with Crippen LogP contribution in [-0.2, 0) is 41.7 Å². The van der Waals surface area contributed by atoms with Crippen LogP contribution in [0.25, 0.3) is 0 Å². The van der Waals surface area contributed by atoms with Crippen molar-refractivity contribution in [3.8, 4) is 11.5 Å². The Hall–Kier alpha value is -4.34. The number of carbonyl (C=O) groups is 3. The Morgan fingerprint density at radius 1 is 1.09 bits per heavy atom. The molecule has 0 bridgehead atoms. The van der Waals surface area contributed by atoms with Crippen molar-refractivity contribution >= 4 is 64.3 Å². The van der Waals surface area contributed by atoms with Gasteiger partial charge < -0.3 is 19.6 Å². The molecule has 296 valence electrons. The molecule has 3 aromatic carbocycles. The number of hydroxylamine groups is 2. The number of nitro groups is 1. The van der Waals surface area contributed by atoms with Gasteiger partial charge in [0.2, 0.25) is 10.0 Å². The maximum atomic E-state index is 12.7. The fourth-order valence-electron chi connectivity index (χ4n) is 3.93. The van der Waals surface area contributed by atoms with Gasteiger partial charge in [-0.3, -0.25) is 39.2 Å². The highest BCUT2D eigenvalue weighted by atomic mass is 35.5. The van der Waals surface area contributed by atoms with Crippen LogP contribution in [0.4, 0.5) is 18.9 Å². The lowest BCUT2D eigenvalue weighted by Gasteiger charge is -2.16. The minimum atomic E-state index is -4.62. The molecule has 17 nitrogen and oxygen atoms in total. The first kappa shape index (κ1) is 45.8. The molecule has 5 N–H and O–H groups in total. The van der Waals surface area contributed by atoms with Crippen molar-refractivity contribution in [2.45, 2.75) is 26.6 Å². The molecule has 0 atom stereocenters. The Labute approximate surface area is 315 Å². The van der Waals surface area contributed by atoms with Crippen molar-refractivity contribution in [1.82, 2.24) is 15.1 Å². The number of ether oxygens (including phenoxy) is 1. The van der Waals surface area contributed by atoms with Crippen molar-refractivity contribution in [1.29, 1.82) is 0 Å². The zero-order chi connectivity index (χ0) is 41.2. The summed E-state index contributed by atoms with van der Waals surface area (Å²) in [4.78, 5) is 65.6. The summed E-state index contributed by atoms with van der Waals surface area (Å²) in [5, 5.41) is 22.8. The van der Waals surface area contributed by atoms with Gasteiger partial charge in [0, 0.05) is 17.2 Å². The van der Waals surface area contributed by atoms with Gasteiger partial charge in [-0.15, -0.1) is 0 Å². The summed E-state index contributed by atoms with van der Waals surface area (Å²) in [7, 11) is -8.10. The number of alkyl halides is 3. The first-order chi connectivity index (χ1) is 24.7. The smallest absolute Gasteiger partial charge is 0.416 e. The van der Waals surface area contributed by atoms with Crippen LogP contribution in [0.3, 0.4) is 0 Å². The molecule has 54 heavy (non-hydrogen) atoms. The molecule has 1 aliphatic rings. The summed E-state index contributed by atoms with van der Waals surface area (Å²) < 4.78 is 77.3. The Morgan fingerprint density at radius 2 is 1.72 bits per heavy atom. The van der Waals surface area contributed by atoms with E-state index in [1.807, 2.05) is 38.1 Å². The lowest BCUT2D eigenvalue weighted by atomic mass is 9.95. The second-order valence-electron chi connectivity index (χ2n) is 11.6. The average Bonchev–Trinajstić information content (AvgIpc) is 3.28. The van der Waals surface area contributed by atoms with Crippen LogP contribution in [0.5, 0.6) is 11.5 Å². The number of hydrogen-bond donors (Lipinski definition) is 5. The molecule has 3 aromatic rings. The normalized spacial score (nSPS) is 13.9. The van der Waals surface area contributed by atoms with Gasteiger partial charge in [-0.25, -0.2) is 18.2 Å². The highest BCUT2D eigenvalue weighted by Crippen LogP contribution is 2.37. The molecule has 0 aliphatic carbocycles. The predicted octanol–water partition coefficient (Wildman–Crippen LogP) is 5.18. The van der Waals surface area contributed by atoms with E-state index in [1.54, 1.807) is 4.72 Å². The molecule has 0 unspecified atom stereocenters. The van der Waals surface area contributed by atoms with E-state index in [0.717, 1.165) is 29.8 Å². The second-order valence-corrected chi connectivity index (χ2v) is 15.8. The number of amides is 2. The van der Waals surface area contributed by atoms with Gasteiger partial charge in [0.05, 0.1) is 53.2 Å². The van der Waals surface area contributed by atoms with Crippen LogP contribution in [0, 0.1) is 15.5 Å². The number of benzene rings is 3.